The number of halogens is 1. The highest BCUT2D eigenvalue weighted by molar-refractivity contribution is 14.0. The van der Waals surface area contributed by atoms with E-state index in [1.807, 2.05) is 67.6 Å². The van der Waals surface area contributed by atoms with Crippen molar-refractivity contribution in [3.05, 3.63) is 59.3 Å². The molecule has 3 aromatic heterocycles. The summed E-state index contributed by atoms with van der Waals surface area (Å²) < 4.78 is 3.69. The summed E-state index contributed by atoms with van der Waals surface area (Å²) in [6, 6.07) is 8.03. The zero-order valence-corrected chi connectivity index (χ0v) is 19.0. The fourth-order valence-electron chi connectivity index (χ4n) is 2.76. The fraction of sp³-hybridized carbons (Fsp3) is 0.368. The average Bonchev–Trinajstić information content (AvgIpc) is 3.22. The topological polar surface area (TPSA) is 84.9 Å². The Morgan fingerprint density at radius 2 is 2.00 bits per heavy atom. The molecule has 0 radical (unpaired) electrons. The predicted octanol–water partition coefficient (Wildman–Crippen LogP) is 2.49. The Bertz CT molecular complexity index is 910. The van der Waals surface area contributed by atoms with E-state index < -0.39 is 0 Å². The van der Waals surface area contributed by atoms with Crippen molar-refractivity contribution in [1.29, 1.82) is 0 Å². The van der Waals surface area contributed by atoms with Crippen LogP contribution in [0.5, 0.6) is 0 Å². The van der Waals surface area contributed by atoms with Crippen LogP contribution in [-0.4, -0.2) is 37.0 Å². The van der Waals surface area contributed by atoms with E-state index in [-0.39, 0.29) is 24.0 Å². The molecule has 0 saturated carbocycles. The van der Waals surface area contributed by atoms with Crippen molar-refractivity contribution in [1.82, 2.24) is 35.2 Å². The zero-order chi connectivity index (χ0) is 19.2. The Morgan fingerprint density at radius 1 is 1.18 bits per heavy atom. The molecule has 0 bridgehead atoms. The lowest BCUT2D eigenvalue weighted by Crippen LogP contribution is -2.37. The molecule has 0 aliphatic carbocycles. The minimum absolute atomic E-state index is 0. The monoisotopic (exact) mass is 494 g/mol. The number of nitrogens with zero attached hydrogens (tertiary/aromatic N) is 6. The highest BCUT2D eigenvalue weighted by atomic mass is 127. The van der Waals surface area contributed by atoms with E-state index in [1.165, 1.54) is 0 Å². The maximum atomic E-state index is 4.64. The van der Waals surface area contributed by atoms with Gasteiger partial charge in [-0.2, -0.15) is 10.2 Å². The summed E-state index contributed by atoms with van der Waals surface area (Å²) in [7, 11) is 1.93. The third-order valence-electron chi connectivity index (χ3n) is 4.16. The SMILES string of the molecule is CCNC(=NCc1ccc(-n2nc(C)cc2C)nc1)NCc1ccnn1C.I. The molecule has 0 aliphatic rings. The molecular formula is C19H27IN8. The lowest BCUT2D eigenvalue weighted by molar-refractivity contribution is 0.685. The van der Waals surface area contributed by atoms with Crippen LogP contribution in [0.1, 0.15) is 29.6 Å². The highest BCUT2D eigenvalue weighted by Crippen LogP contribution is 2.10. The number of hydrogen-bond donors (Lipinski definition) is 2. The summed E-state index contributed by atoms with van der Waals surface area (Å²) in [6.07, 6.45) is 3.64. The van der Waals surface area contributed by atoms with Gasteiger partial charge in [-0.15, -0.1) is 24.0 Å². The van der Waals surface area contributed by atoms with Crippen molar-refractivity contribution in [2.75, 3.05) is 6.54 Å². The summed E-state index contributed by atoms with van der Waals surface area (Å²) in [4.78, 5) is 9.16. The Labute approximate surface area is 182 Å². The molecule has 0 spiro atoms. The minimum atomic E-state index is 0. The summed E-state index contributed by atoms with van der Waals surface area (Å²) >= 11 is 0. The number of pyridine rings is 1. The van der Waals surface area contributed by atoms with Gasteiger partial charge in [0.05, 0.1) is 24.5 Å². The van der Waals surface area contributed by atoms with Crippen LogP contribution < -0.4 is 10.6 Å². The maximum absolute atomic E-state index is 4.64. The van der Waals surface area contributed by atoms with Crippen molar-refractivity contribution < 1.29 is 0 Å². The second-order valence-corrected chi connectivity index (χ2v) is 6.36. The molecule has 28 heavy (non-hydrogen) atoms. The number of guanidine groups is 1. The average molecular weight is 494 g/mol. The number of hydrogen-bond acceptors (Lipinski definition) is 4. The van der Waals surface area contributed by atoms with Gasteiger partial charge in [0.1, 0.15) is 0 Å². The number of aliphatic imine (C=N–C) groups is 1. The van der Waals surface area contributed by atoms with Crippen LogP contribution in [0.3, 0.4) is 0 Å². The fourth-order valence-corrected chi connectivity index (χ4v) is 2.76. The summed E-state index contributed by atoms with van der Waals surface area (Å²) in [5, 5.41) is 15.2. The van der Waals surface area contributed by atoms with E-state index in [1.54, 1.807) is 6.20 Å². The van der Waals surface area contributed by atoms with Crippen molar-refractivity contribution in [2.24, 2.45) is 12.0 Å². The minimum Gasteiger partial charge on any atom is -0.357 e. The lowest BCUT2D eigenvalue weighted by atomic mass is 10.3. The molecule has 0 aliphatic heterocycles. The molecule has 3 aromatic rings. The normalized spacial score (nSPS) is 11.2. The first-order valence-corrected chi connectivity index (χ1v) is 9.04. The molecule has 150 valence electrons. The van der Waals surface area contributed by atoms with Gasteiger partial charge < -0.3 is 10.6 Å². The van der Waals surface area contributed by atoms with E-state index in [0.717, 1.165) is 41.0 Å². The zero-order valence-electron chi connectivity index (χ0n) is 16.7. The van der Waals surface area contributed by atoms with E-state index in [2.05, 4.69) is 30.8 Å². The molecular weight excluding hydrogens is 467 g/mol. The van der Waals surface area contributed by atoms with Gasteiger partial charge in [0.25, 0.3) is 0 Å². The van der Waals surface area contributed by atoms with Crippen LogP contribution in [0, 0.1) is 13.8 Å². The van der Waals surface area contributed by atoms with Gasteiger partial charge in [0.15, 0.2) is 11.8 Å². The van der Waals surface area contributed by atoms with Gasteiger partial charge in [-0.3, -0.25) is 4.68 Å². The van der Waals surface area contributed by atoms with Crippen LogP contribution in [0.15, 0.2) is 41.7 Å². The maximum Gasteiger partial charge on any atom is 0.191 e. The van der Waals surface area contributed by atoms with Gasteiger partial charge in [0.2, 0.25) is 0 Å². The van der Waals surface area contributed by atoms with Crippen molar-refractivity contribution in [2.45, 2.75) is 33.9 Å². The molecule has 0 amide bonds. The highest BCUT2D eigenvalue weighted by Gasteiger charge is 2.05. The van der Waals surface area contributed by atoms with Crippen LogP contribution in [0.4, 0.5) is 0 Å². The van der Waals surface area contributed by atoms with Crippen molar-refractivity contribution in [3.8, 4) is 5.82 Å². The molecule has 0 atom stereocenters. The predicted molar refractivity (Wildman–Crippen MR) is 121 cm³/mol. The summed E-state index contributed by atoms with van der Waals surface area (Å²) in [5.74, 6) is 1.58. The second-order valence-electron chi connectivity index (χ2n) is 6.36. The molecule has 3 rings (SSSR count). The molecule has 8 nitrogen and oxygen atoms in total. The van der Waals surface area contributed by atoms with Crippen LogP contribution >= 0.6 is 24.0 Å². The third-order valence-corrected chi connectivity index (χ3v) is 4.16. The summed E-state index contributed by atoms with van der Waals surface area (Å²) in [5.41, 5.74) is 4.19. The van der Waals surface area contributed by atoms with E-state index >= 15 is 0 Å². The van der Waals surface area contributed by atoms with Gasteiger partial charge in [-0.05, 0) is 44.5 Å². The first-order chi connectivity index (χ1) is 13.1. The lowest BCUT2D eigenvalue weighted by Gasteiger charge is -2.11. The molecule has 2 N–H and O–H groups in total. The first kappa shape index (κ1) is 21.9. The van der Waals surface area contributed by atoms with Crippen molar-refractivity contribution in [3.63, 3.8) is 0 Å². The Kier molecular flexibility index (Phi) is 7.97. The number of rotatable bonds is 6. The Morgan fingerprint density at radius 3 is 2.57 bits per heavy atom. The molecule has 0 unspecified atom stereocenters. The third kappa shape index (κ3) is 5.54. The van der Waals surface area contributed by atoms with Crippen LogP contribution in [-0.2, 0) is 20.1 Å². The number of aromatic nitrogens is 5. The first-order valence-electron chi connectivity index (χ1n) is 9.04. The number of aryl methyl sites for hydroxylation is 3. The smallest absolute Gasteiger partial charge is 0.191 e. The molecule has 3 heterocycles. The van der Waals surface area contributed by atoms with Crippen LogP contribution in [0.2, 0.25) is 0 Å². The second kappa shape index (κ2) is 10.2. The Balaban J connectivity index is 0.00000280. The molecule has 0 fully saturated rings. The van der Waals surface area contributed by atoms with Gasteiger partial charge in [-0.25, -0.2) is 14.7 Å². The van der Waals surface area contributed by atoms with E-state index in [9.17, 15) is 0 Å². The van der Waals surface area contributed by atoms with Gasteiger partial charge in [-0.1, -0.05) is 6.07 Å². The number of nitrogens with one attached hydrogen (secondary N) is 2. The van der Waals surface area contributed by atoms with E-state index in [0.29, 0.717) is 13.1 Å². The molecule has 0 saturated heterocycles. The standard InChI is InChI=1S/C19H26N8.HI/c1-5-20-19(23-13-17-8-9-24-26(17)4)22-12-16-6-7-18(21-11-16)27-15(3)10-14(2)25-27;/h6-11H,5,12-13H2,1-4H3,(H2,20,22,23);1H. The van der Waals surface area contributed by atoms with Gasteiger partial charge >= 0.3 is 0 Å². The van der Waals surface area contributed by atoms with Gasteiger partial charge in [0, 0.05) is 31.7 Å². The van der Waals surface area contributed by atoms with Crippen molar-refractivity contribution >= 4 is 29.9 Å². The molecule has 9 heteroatoms. The van der Waals surface area contributed by atoms with E-state index in [4.69, 9.17) is 0 Å². The largest absolute Gasteiger partial charge is 0.357 e. The quantitative estimate of drug-likeness (QED) is 0.313. The molecule has 0 aromatic carbocycles. The Hall–Kier alpha value is -2.43. The van der Waals surface area contributed by atoms with Crippen LogP contribution in [0.25, 0.3) is 5.82 Å². The summed E-state index contributed by atoms with van der Waals surface area (Å²) in [6.45, 7) is 8.06.